The molecule has 0 saturated heterocycles. The molecule has 3 rings (SSSR count). The summed E-state index contributed by atoms with van der Waals surface area (Å²) in [6, 6.07) is 10.7. The number of nitro groups is 1. The van der Waals surface area contributed by atoms with Crippen LogP contribution in [-0.4, -0.2) is 36.1 Å². The molecule has 27 heavy (non-hydrogen) atoms. The molecule has 1 aliphatic heterocycles. The van der Waals surface area contributed by atoms with E-state index in [1.165, 1.54) is 29.3 Å². The van der Waals surface area contributed by atoms with E-state index < -0.39 is 10.8 Å². The van der Waals surface area contributed by atoms with Crippen molar-refractivity contribution >= 4 is 41.0 Å². The number of nitro benzene ring substituents is 1. The number of carbonyl (C=O) groups excluding carboxylic acids is 2. The predicted molar refractivity (Wildman–Crippen MR) is 98.1 cm³/mol. The van der Waals surface area contributed by atoms with Crippen LogP contribution in [-0.2, 0) is 9.59 Å². The number of hydrogen-bond donors (Lipinski definition) is 1. The largest absolute Gasteiger partial charge is 0.482 e. The first-order chi connectivity index (χ1) is 13.0. The molecule has 1 aliphatic rings. The molecule has 10 heteroatoms. The van der Waals surface area contributed by atoms with Gasteiger partial charge in [0.1, 0.15) is 12.3 Å². The molecule has 2 aromatic carbocycles. The van der Waals surface area contributed by atoms with Gasteiger partial charge in [0.2, 0.25) is 0 Å². The van der Waals surface area contributed by atoms with Gasteiger partial charge in [0.25, 0.3) is 17.5 Å². The van der Waals surface area contributed by atoms with Gasteiger partial charge in [-0.1, -0.05) is 23.7 Å². The molecule has 0 aliphatic carbocycles. The SMILES string of the molecule is O=C(CN1C(=O)COc2ccccc21)N/N=C\c1cc([N+](=O)[O-])ccc1Cl. The number of fused-ring (bicyclic) bond motifs is 1. The van der Waals surface area contributed by atoms with Gasteiger partial charge in [0.05, 0.1) is 16.8 Å². The van der Waals surface area contributed by atoms with Crippen molar-refractivity contribution in [1.82, 2.24) is 5.43 Å². The number of halogens is 1. The van der Waals surface area contributed by atoms with Crippen molar-refractivity contribution in [3.8, 4) is 5.75 Å². The summed E-state index contributed by atoms with van der Waals surface area (Å²) in [6.07, 6.45) is 1.20. The van der Waals surface area contributed by atoms with Crippen molar-refractivity contribution < 1.29 is 19.2 Å². The Morgan fingerprint density at radius 3 is 2.93 bits per heavy atom. The average molecular weight is 389 g/mol. The second kappa shape index (κ2) is 7.83. The van der Waals surface area contributed by atoms with E-state index in [-0.39, 0.29) is 35.3 Å². The van der Waals surface area contributed by atoms with E-state index >= 15 is 0 Å². The molecule has 0 spiro atoms. The summed E-state index contributed by atoms with van der Waals surface area (Å²) in [4.78, 5) is 35.7. The highest BCUT2D eigenvalue weighted by Gasteiger charge is 2.26. The lowest BCUT2D eigenvalue weighted by molar-refractivity contribution is -0.384. The predicted octanol–water partition coefficient (Wildman–Crippen LogP) is 2.12. The van der Waals surface area contributed by atoms with Gasteiger partial charge in [0.15, 0.2) is 6.61 Å². The number of para-hydroxylation sites is 2. The molecule has 0 radical (unpaired) electrons. The van der Waals surface area contributed by atoms with Gasteiger partial charge in [-0.2, -0.15) is 5.10 Å². The molecule has 9 nitrogen and oxygen atoms in total. The van der Waals surface area contributed by atoms with E-state index in [4.69, 9.17) is 16.3 Å². The van der Waals surface area contributed by atoms with E-state index in [1.54, 1.807) is 24.3 Å². The van der Waals surface area contributed by atoms with Crippen LogP contribution >= 0.6 is 11.6 Å². The maximum atomic E-state index is 12.1. The van der Waals surface area contributed by atoms with E-state index in [0.717, 1.165) is 0 Å². The van der Waals surface area contributed by atoms with Gasteiger partial charge in [-0.15, -0.1) is 0 Å². The molecule has 0 bridgehead atoms. The third-order valence-corrected chi connectivity index (χ3v) is 4.04. The Labute approximate surface area is 158 Å². The summed E-state index contributed by atoms with van der Waals surface area (Å²) in [5.41, 5.74) is 2.89. The fraction of sp³-hybridized carbons (Fsp3) is 0.118. The Hall–Kier alpha value is -3.46. The molecular weight excluding hydrogens is 376 g/mol. The Balaban J connectivity index is 1.67. The molecule has 0 aromatic heterocycles. The molecular formula is C17H13ClN4O5. The van der Waals surface area contributed by atoms with Crippen molar-refractivity contribution in [1.29, 1.82) is 0 Å². The Morgan fingerprint density at radius 1 is 1.37 bits per heavy atom. The second-order valence-corrected chi connectivity index (χ2v) is 5.90. The van der Waals surface area contributed by atoms with E-state index in [1.807, 2.05) is 0 Å². The van der Waals surface area contributed by atoms with E-state index in [0.29, 0.717) is 11.4 Å². The number of benzene rings is 2. The standard InChI is InChI=1S/C17H13ClN4O5/c18-13-6-5-12(22(25)26)7-11(13)8-19-20-16(23)9-21-14-3-1-2-4-15(14)27-10-17(21)24/h1-8H,9-10H2,(H,20,23)/b19-8-. The van der Waals surface area contributed by atoms with E-state index in [2.05, 4.69) is 10.5 Å². The van der Waals surface area contributed by atoms with Crippen molar-refractivity contribution in [2.45, 2.75) is 0 Å². The lowest BCUT2D eigenvalue weighted by Gasteiger charge is -2.28. The van der Waals surface area contributed by atoms with Gasteiger partial charge < -0.3 is 4.74 Å². The molecule has 138 valence electrons. The minimum atomic E-state index is -0.562. The number of hydrogen-bond acceptors (Lipinski definition) is 6. The fourth-order valence-electron chi connectivity index (χ4n) is 2.42. The maximum Gasteiger partial charge on any atom is 0.270 e. The molecule has 1 N–H and O–H groups in total. The Bertz CT molecular complexity index is 947. The third-order valence-electron chi connectivity index (χ3n) is 3.69. The Kier molecular flexibility index (Phi) is 5.32. The normalized spacial score (nSPS) is 13.2. The van der Waals surface area contributed by atoms with Crippen LogP contribution in [0.15, 0.2) is 47.6 Å². The smallest absolute Gasteiger partial charge is 0.270 e. The number of ether oxygens (including phenoxy) is 1. The fourth-order valence-corrected chi connectivity index (χ4v) is 2.59. The topological polar surface area (TPSA) is 114 Å². The minimum absolute atomic E-state index is 0.150. The number of anilines is 1. The first-order valence-electron chi connectivity index (χ1n) is 7.74. The summed E-state index contributed by atoms with van der Waals surface area (Å²) in [5, 5.41) is 14.8. The molecule has 1 heterocycles. The summed E-state index contributed by atoms with van der Waals surface area (Å²) in [7, 11) is 0. The number of rotatable bonds is 5. The number of carbonyl (C=O) groups is 2. The van der Waals surface area contributed by atoms with Gasteiger partial charge in [-0.3, -0.25) is 24.6 Å². The molecule has 0 fully saturated rings. The van der Waals surface area contributed by atoms with Crippen LogP contribution in [0, 0.1) is 10.1 Å². The van der Waals surface area contributed by atoms with Crippen LogP contribution in [0.1, 0.15) is 5.56 Å². The second-order valence-electron chi connectivity index (χ2n) is 5.49. The summed E-state index contributed by atoms with van der Waals surface area (Å²) >= 11 is 5.95. The van der Waals surface area contributed by atoms with Crippen molar-refractivity contribution in [3.05, 3.63) is 63.2 Å². The summed E-state index contributed by atoms with van der Waals surface area (Å²) < 4.78 is 5.31. The van der Waals surface area contributed by atoms with Gasteiger partial charge in [-0.25, -0.2) is 5.43 Å². The zero-order valence-electron chi connectivity index (χ0n) is 13.8. The monoisotopic (exact) mass is 388 g/mol. The highest BCUT2D eigenvalue weighted by Crippen LogP contribution is 2.31. The van der Waals surface area contributed by atoms with Crippen LogP contribution in [0.25, 0.3) is 0 Å². The van der Waals surface area contributed by atoms with Gasteiger partial charge >= 0.3 is 0 Å². The van der Waals surface area contributed by atoms with Gasteiger partial charge in [-0.05, 0) is 18.2 Å². The Morgan fingerprint density at radius 2 is 2.15 bits per heavy atom. The number of amides is 2. The summed E-state index contributed by atoms with van der Waals surface area (Å²) in [5.74, 6) is -0.385. The van der Waals surface area contributed by atoms with Crippen molar-refractivity contribution in [2.24, 2.45) is 5.10 Å². The summed E-state index contributed by atoms with van der Waals surface area (Å²) in [6.45, 7) is -0.407. The maximum absolute atomic E-state index is 12.1. The molecule has 2 aromatic rings. The van der Waals surface area contributed by atoms with E-state index in [9.17, 15) is 19.7 Å². The third kappa shape index (κ3) is 4.21. The van der Waals surface area contributed by atoms with Crippen LogP contribution in [0.2, 0.25) is 5.02 Å². The van der Waals surface area contributed by atoms with Crippen LogP contribution in [0.3, 0.4) is 0 Å². The molecule has 2 amide bonds. The quantitative estimate of drug-likeness (QED) is 0.478. The number of non-ortho nitro benzene ring substituents is 1. The number of nitrogens with zero attached hydrogens (tertiary/aromatic N) is 3. The van der Waals surface area contributed by atoms with Crippen LogP contribution in [0.5, 0.6) is 5.75 Å². The minimum Gasteiger partial charge on any atom is -0.482 e. The molecule has 0 unspecified atom stereocenters. The zero-order chi connectivity index (χ0) is 19.4. The number of nitrogens with one attached hydrogen (secondary N) is 1. The first-order valence-corrected chi connectivity index (χ1v) is 8.11. The lowest BCUT2D eigenvalue weighted by atomic mass is 10.2. The number of hydrazone groups is 1. The van der Waals surface area contributed by atoms with Crippen LogP contribution in [0.4, 0.5) is 11.4 Å². The highest BCUT2D eigenvalue weighted by atomic mass is 35.5. The average Bonchev–Trinajstić information content (AvgIpc) is 2.65. The van der Waals surface area contributed by atoms with Crippen molar-refractivity contribution in [3.63, 3.8) is 0 Å². The lowest BCUT2D eigenvalue weighted by Crippen LogP contribution is -2.44. The highest BCUT2D eigenvalue weighted by molar-refractivity contribution is 6.33. The first kappa shape index (κ1) is 18.3. The van der Waals surface area contributed by atoms with Crippen molar-refractivity contribution in [2.75, 3.05) is 18.1 Å². The zero-order valence-corrected chi connectivity index (χ0v) is 14.5. The molecule has 0 saturated carbocycles. The van der Waals surface area contributed by atoms with Crippen LogP contribution < -0.4 is 15.1 Å². The van der Waals surface area contributed by atoms with Gasteiger partial charge in [0, 0.05) is 22.7 Å². The molecule has 0 atom stereocenters.